The van der Waals surface area contributed by atoms with Crippen LogP contribution in [0.4, 0.5) is 0 Å². The van der Waals surface area contributed by atoms with Gasteiger partial charge in [0.15, 0.2) is 0 Å². The van der Waals surface area contributed by atoms with Gasteiger partial charge in [0.25, 0.3) is 11.7 Å². The van der Waals surface area contributed by atoms with Crippen LogP contribution in [-0.4, -0.2) is 47.3 Å². The summed E-state index contributed by atoms with van der Waals surface area (Å²) in [5, 5.41) is 3.78. The van der Waals surface area contributed by atoms with Gasteiger partial charge in [-0.25, -0.2) is 0 Å². The molecule has 3 rings (SSSR count). The highest BCUT2D eigenvalue weighted by molar-refractivity contribution is 6.45. The molecule has 1 aliphatic rings. The zero-order chi connectivity index (χ0) is 18.1. The highest BCUT2D eigenvalue weighted by Crippen LogP contribution is 2.26. The summed E-state index contributed by atoms with van der Waals surface area (Å²) in [5.74, 6) is -0.931. The third kappa shape index (κ3) is 3.47. The average Bonchev–Trinajstić information content (AvgIpc) is 3.18. The minimum absolute atomic E-state index is 0.0855. The molecule has 1 N–H and O–H groups in total. The summed E-state index contributed by atoms with van der Waals surface area (Å²) in [6, 6.07) is 8.54. The highest BCUT2D eigenvalue weighted by atomic mass is 16.2. The van der Waals surface area contributed by atoms with Gasteiger partial charge in [0.05, 0.1) is 5.56 Å². The van der Waals surface area contributed by atoms with E-state index in [-0.39, 0.29) is 12.1 Å². The molecule has 1 amide bonds. The Morgan fingerprint density at radius 2 is 1.92 bits per heavy atom. The van der Waals surface area contributed by atoms with E-state index in [2.05, 4.69) is 38.2 Å². The van der Waals surface area contributed by atoms with Gasteiger partial charge < -0.3 is 14.8 Å². The Balaban J connectivity index is 1.79. The molecule has 5 heteroatoms. The topological polar surface area (TPSA) is 54.3 Å². The minimum atomic E-state index is -0.490. The Kier molecular flexibility index (Phi) is 4.95. The van der Waals surface area contributed by atoms with Crippen LogP contribution in [0.15, 0.2) is 30.5 Å². The van der Waals surface area contributed by atoms with Gasteiger partial charge in [0, 0.05) is 35.2 Å². The fourth-order valence-corrected chi connectivity index (χ4v) is 3.74. The van der Waals surface area contributed by atoms with E-state index in [0.717, 1.165) is 30.2 Å². The summed E-state index contributed by atoms with van der Waals surface area (Å²) in [6.07, 6.45) is 4.70. The van der Waals surface area contributed by atoms with Crippen LogP contribution in [0.5, 0.6) is 0 Å². The molecule has 1 fully saturated rings. The highest BCUT2D eigenvalue weighted by Gasteiger charge is 2.30. The molecular weight excluding hydrogens is 314 g/mol. The summed E-state index contributed by atoms with van der Waals surface area (Å²) in [4.78, 5) is 27.5. The van der Waals surface area contributed by atoms with Crippen molar-refractivity contribution >= 4 is 22.6 Å². The normalized spacial score (nSPS) is 20.6. The van der Waals surface area contributed by atoms with Crippen LogP contribution in [0.1, 0.15) is 49.5 Å². The standard InChI is InChI=1S/C20H27N3O2/c1-13(2)23-12-17(16-7-5-6-8-18(16)23)19(24)20(25)21-14-9-10-15(11-14)22(3)4/h5-8,12-15H,9-11H2,1-4H3,(H,21,25). The number of ketones is 1. The maximum Gasteiger partial charge on any atom is 0.292 e. The number of nitrogens with zero attached hydrogens (tertiary/aromatic N) is 2. The number of hydrogen-bond acceptors (Lipinski definition) is 3. The molecule has 1 aliphatic carbocycles. The Labute approximate surface area is 149 Å². The second-order valence-electron chi connectivity index (χ2n) is 7.49. The second kappa shape index (κ2) is 7.00. The van der Waals surface area contributed by atoms with E-state index < -0.39 is 11.7 Å². The third-order valence-electron chi connectivity index (χ3n) is 5.22. The van der Waals surface area contributed by atoms with E-state index in [1.54, 1.807) is 0 Å². The van der Waals surface area contributed by atoms with Gasteiger partial charge in [0.1, 0.15) is 0 Å². The number of rotatable bonds is 5. The molecule has 1 heterocycles. The Morgan fingerprint density at radius 1 is 1.20 bits per heavy atom. The fraction of sp³-hybridized carbons (Fsp3) is 0.500. The molecule has 1 aromatic heterocycles. The lowest BCUT2D eigenvalue weighted by molar-refractivity contribution is -0.117. The van der Waals surface area contributed by atoms with E-state index in [0.29, 0.717) is 11.6 Å². The molecule has 1 saturated carbocycles. The van der Waals surface area contributed by atoms with Crippen molar-refractivity contribution in [1.82, 2.24) is 14.8 Å². The first-order valence-electron chi connectivity index (χ1n) is 8.99. The molecule has 0 radical (unpaired) electrons. The smallest absolute Gasteiger partial charge is 0.292 e. The number of para-hydroxylation sites is 1. The fourth-order valence-electron chi connectivity index (χ4n) is 3.74. The first kappa shape index (κ1) is 17.7. The number of carbonyl (C=O) groups is 2. The molecule has 2 atom stereocenters. The van der Waals surface area contributed by atoms with Crippen molar-refractivity contribution in [3.8, 4) is 0 Å². The number of nitrogens with one attached hydrogen (secondary N) is 1. The number of amides is 1. The van der Waals surface area contributed by atoms with Crippen molar-refractivity contribution in [1.29, 1.82) is 0 Å². The van der Waals surface area contributed by atoms with Gasteiger partial charge in [0.2, 0.25) is 0 Å². The van der Waals surface area contributed by atoms with Crippen molar-refractivity contribution in [3.05, 3.63) is 36.0 Å². The Hall–Kier alpha value is -2.14. The molecule has 0 saturated heterocycles. The lowest BCUT2D eigenvalue weighted by atomic mass is 10.1. The van der Waals surface area contributed by atoms with Crippen LogP contribution in [0.3, 0.4) is 0 Å². The number of benzene rings is 1. The predicted molar refractivity (Wildman–Crippen MR) is 99.9 cm³/mol. The Morgan fingerprint density at radius 3 is 2.56 bits per heavy atom. The van der Waals surface area contributed by atoms with E-state index >= 15 is 0 Å². The predicted octanol–water partition coefficient (Wildman–Crippen LogP) is 3.00. The zero-order valence-corrected chi connectivity index (χ0v) is 15.5. The van der Waals surface area contributed by atoms with Crippen LogP contribution in [0.25, 0.3) is 10.9 Å². The van der Waals surface area contributed by atoms with Crippen molar-refractivity contribution in [2.24, 2.45) is 0 Å². The van der Waals surface area contributed by atoms with Crippen LogP contribution in [0.2, 0.25) is 0 Å². The molecule has 0 spiro atoms. The quantitative estimate of drug-likeness (QED) is 0.672. The van der Waals surface area contributed by atoms with Crippen molar-refractivity contribution in [2.45, 2.75) is 51.2 Å². The third-order valence-corrected chi connectivity index (χ3v) is 5.22. The van der Waals surface area contributed by atoms with E-state index in [1.165, 1.54) is 0 Å². The van der Waals surface area contributed by atoms with Gasteiger partial charge >= 0.3 is 0 Å². The van der Waals surface area contributed by atoms with Gasteiger partial charge in [-0.1, -0.05) is 18.2 Å². The summed E-state index contributed by atoms with van der Waals surface area (Å²) in [6.45, 7) is 4.14. The van der Waals surface area contributed by atoms with E-state index in [4.69, 9.17) is 0 Å². The largest absolute Gasteiger partial charge is 0.346 e. The first-order valence-corrected chi connectivity index (χ1v) is 8.99. The van der Waals surface area contributed by atoms with E-state index in [1.807, 2.05) is 35.0 Å². The van der Waals surface area contributed by atoms with Gasteiger partial charge in [-0.15, -0.1) is 0 Å². The number of Topliss-reactive ketones (excluding diaryl/α,β-unsaturated/α-hetero) is 1. The molecule has 0 bridgehead atoms. The average molecular weight is 341 g/mol. The molecule has 5 nitrogen and oxygen atoms in total. The van der Waals surface area contributed by atoms with Crippen molar-refractivity contribution in [2.75, 3.05) is 14.1 Å². The van der Waals surface area contributed by atoms with Gasteiger partial charge in [-0.2, -0.15) is 0 Å². The number of carbonyl (C=O) groups excluding carboxylic acids is 2. The Bertz CT molecular complexity index is 791. The lowest BCUT2D eigenvalue weighted by Gasteiger charge is -2.19. The molecule has 2 unspecified atom stereocenters. The first-order chi connectivity index (χ1) is 11.9. The van der Waals surface area contributed by atoms with Crippen molar-refractivity contribution < 1.29 is 9.59 Å². The summed E-state index contributed by atoms with van der Waals surface area (Å²) < 4.78 is 2.05. The van der Waals surface area contributed by atoms with Crippen LogP contribution in [0, 0.1) is 0 Å². The molecule has 25 heavy (non-hydrogen) atoms. The second-order valence-corrected chi connectivity index (χ2v) is 7.49. The summed E-state index contributed by atoms with van der Waals surface area (Å²) >= 11 is 0. The molecule has 0 aliphatic heterocycles. The molecular formula is C20H27N3O2. The molecule has 1 aromatic carbocycles. The number of hydrogen-bond donors (Lipinski definition) is 1. The monoisotopic (exact) mass is 341 g/mol. The SMILES string of the molecule is CC(C)n1cc(C(=O)C(=O)NC2CCC(N(C)C)C2)c2ccccc21. The van der Waals surface area contributed by atoms with Crippen LogP contribution in [-0.2, 0) is 4.79 Å². The van der Waals surface area contributed by atoms with Crippen LogP contribution < -0.4 is 5.32 Å². The maximum absolute atomic E-state index is 12.8. The van der Waals surface area contributed by atoms with Crippen LogP contribution >= 0.6 is 0 Å². The zero-order valence-electron chi connectivity index (χ0n) is 15.5. The maximum atomic E-state index is 12.8. The van der Waals surface area contributed by atoms with Gasteiger partial charge in [-0.3, -0.25) is 9.59 Å². The lowest BCUT2D eigenvalue weighted by Crippen LogP contribution is -2.39. The minimum Gasteiger partial charge on any atom is -0.346 e. The molecule has 2 aromatic rings. The van der Waals surface area contributed by atoms with Crippen molar-refractivity contribution in [3.63, 3.8) is 0 Å². The number of aromatic nitrogens is 1. The summed E-state index contributed by atoms with van der Waals surface area (Å²) in [5.41, 5.74) is 1.48. The van der Waals surface area contributed by atoms with E-state index in [9.17, 15) is 9.59 Å². The molecule has 134 valence electrons. The summed E-state index contributed by atoms with van der Waals surface area (Å²) in [7, 11) is 4.11. The number of fused-ring (bicyclic) bond motifs is 1. The van der Waals surface area contributed by atoms with Gasteiger partial charge in [-0.05, 0) is 53.3 Å².